The number of hydrogen-bond donors (Lipinski definition) is 1. The van der Waals surface area contributed by atoms with Crippen molar-refractivity contribution in [2.45, 2.75) is 25.8 Å². The molecule has 0 spiro atoms. The Morgan fingerprint density at radius 3 is 2.59 bits per heavy atom. The van der Waals surface area contributed by atoms with Crippen molar-refractivity contribution in [1.29, 1.82) is 0 Å². The topological polar surface area (TPSA) is 95.5 Å². The van der Waals surface area contributed by atoms with Crippen molar-refractivity contribution >= 4 is 27.4 Å². The third kappa shape index (κ3) is 4.70. The summed E-state index contributed by atoms with van der Waals surface area (Å²) in [5, 5.41) is 2.96. The number of sulfonamides is 1. The first-order valence-corrected chi connectivity index (χ1v) is 10.9. The van der Waals surface area contributed by atoms with Crippen LogP contribution in [0.15, 0.2) is 30.3 Å². The summed E-state index contributed by atoms with van der Waals surface area (Å²) in [5.74, 6) is 0.306. The van der Waals surface area contributed by atoms with Crippen LogP contribution in [-0.2, 0) is 21.4 Å². The summed E-state index contributed by atoms with van der Waals surface area (Å²) >= 11 is 0. The largest absolute Gasteiger partial charge is 0.373 e. The number of anilines is 2. The van der Waals surface area contributed by atoms with Crippen molar-refractivity contribution < 1.29 is 17.6 Å². The number of amides is 1. The summed E-state index contributed by atoms with van der Waals surface area (Å²) in [7, 11) is -0.160. The van der Waals surface area contributed by atoms with Gasteiger partial charge in [-0.05, 0) is 31.2 Å². The van der Waals surface area contributed by atoms with Gasteiger partial charge in [-0.25, -0.2) is 22.8 Å². The molecule has 1 amide bonds. The van der Waals surface area contributed by atoms with E-state index in [0.29, 0.717) is 29.6 Å². The zero-order chi connectivity index (χ0) is 21.2. The molecule has 0 bridgehead atoms. The Balaban J connectivity index is 1.85. The highest BCUT2D eigenvalue weighted by atomic mass is 32.2. The van der Waals surface area contributed by atoms with Crippen LogP contribution in [0.4, 0.5) is 15.9 Å². The van der Waals surface area contributed by atoms with Gasteiger partial charge < -0.3 is 10.2 Å². The average molecular weight is 421 g/mol. The third-order valence-electron chi connectivity index (χ3n) is 4.93. The van der Waals surface area contributed by atoms with E-state index in [1.165, 1.54) is 23.5 Å². The minimum Gasteiger partial charge on any atom is -0.373 e. The van der Waals surface area contributed by atoms with Crippen molar-refractivity contribution in [2.24, 2.45) is 0 Å². The number of benzene rings is 1. The lowest BCUT2D eigenvalue weighted by atomic mass is 10.0. The van der Waals surface area contributed by atoms with Crippen molar-refractivity contribution in [3.8, 4) is 0 Å². The average Bonchev–Trinajstić information content (AvgIpc) is 3.10. The van der Waals surface area contributed by atoms with E-state index in [0.717, 1.165) is 0 Å². The molecule has 0 unspecified atom stereocenters. The lowest BCUT2D eigenvalue weighted by Crippen LogP contribution is -2.29. The van der Waals surface area contributed by atoms with Crippen LogP contribution >= 0.6 is 0 Å². The molecule has 1 fully saturated rings. The molecule has 10 heteroatoms. The highest BCUT2D eigenvalue weighted by Gasteiger charge is 2.33. The minimum absolute atomic E-state index is 0.00810. The molecule has 1 aromatic heterocycles. The quantitative estimate of drug-likeness (QED) is 0.734. The molecule has 1 saturated heterocycles. The molecule has 1 N–H and O–H groups in total. The van der Waals surface area contributed by atoms with E-state index in [1.54, 1.807) is 37.1 Å². The van der Waals surface area contributed by atoms with Gasteiger partial charge in [-0.15, -0.1) is 0 Å². The van der Waals surface area contributed by atoms with E-state index in [1.807, 2.05) is 0 Å². The summed E-state index contributed by atoms with van der Waals surface area (Å²) in [4.78, 5) is 23.0. The van der Waals surface area contributed by atoms with Gasteiger partial charge in [0.1, 0.15) is 17.5 Å². The van der Waals surface area contributed by atoms with E-state index in [-0.39, 0.29) is 36.4 Å². The number of carbonyl (C=O) groups excluding carboxylic acids is 1. The Bertz CT molecular complexity index is 997. The molecule has 29 heavy (non-hydrogen) atoms. The van der Waals surface area contributed by atoms with E-state index in [4.69, 9.17) is 0 Å². The molecular weight excluding hydrogens is 397 g/mol. The minimum atomic E-state index is -3.37. The number of carbonyl (C=O) groups is 1. The maximum Gasteiger partial charge on any atom is 0.227 e. The first kappa shape index (κ1) is 21.1. The van der Waals surface area contributed by atoms with Gasteiger partial charge in [0.05, 0.1) is 18.0 Å². The van der Waals surface area contributed by atoms with Gasteiger partial charge >= 0.3 is 0 Å². The molecule has 0 saturated carbocycles. The number of aromatic nitrogens is 2. The number of rotatable bonds is 7. The van der Waals surface area contributed by atoms with Crippen LogP contribution in [0.3, 0.4) is 0 Å². The van der Waals surface area contributed by atoms with Crippen molar-refractivity contribution in [3.05, 3.63) is 47.7 Å². The second kappa shape index (κ2) is 8.42. The number of halogens is 1. The predicted octanol–water partition coefficient (Wildman–Crippen LogP) is 1.96. The Morgan fingerprint density at radius 1 is 1.28 bits per heavy atom. The molecule has 2 heterocycles. The normalized spacial score (nSPS) is 17.2. The lowest BCUT2D eigenvalue weighted by molar-refractivity contribution is -0.117. The Hall–Kier alpha value is -2.59. The second-order valence-electron chi connectivity index (χ2n) is 6.88. The summed E-state index contributed by atoms with van der Waals surface area (Å²) in [6, 6.07) is 7.56. The molecule has 3 rings (SSSR count). The van der Waals surface area contributed by atoms with E-state index in [2.05, 4.69) is 15.3 Å². The predicted molar refractivity (Wildman–Crippen MR) is 109 cm³/mol. The molecule has 0 radical (unpaired) electrons. The fourth-order valence-corrected chi connectivity index (χ4v) is 3.97. The maximum atomic E-state index is 13.2. The van der Waals surface area contributed by atoms with Crippen LogP contribution in [0.2, 0.25) is 0 Å². The number of nitrogens with zero attached hydrogens (tertiary/aromatic N) is 4. The Kier molecular flexibility index (Phi) is 6.13. The van der Waals surface area contributed by atoms with Crippen LogP contribution in [0.25, 0.3) is 0 Å². The van der Waals surface area contributed by atoms with Crippen molar-refractivity contribution in [3.63, 3.8) is 0 Å². The first-order chi connectivity index (χ1) is 13.7. The maximum absolute atomic E-state index is 13.2. The molecule has 1 aromatic carbocycles. The summed E-state index contributed by atoms with van der Waals surface area (Å²) in [6.07, 6.45) is 0.264. The summed E-state index contributed by atoms with van der Waals surface area (Å²) in [5.41, 5.74) is 1.30. The molecule has 1 atom stereocenters. The first-order valence-electron chi connectivity index (χ1n) is 9.29. The van der Waals surface area contributed by atoms with E-state index < -0.39 is 10.0 Å². The summed E-state index contributed by atoms with van der Waals surface area (Å²) in [6.45, 7) is 2.03. The van der Waals surface area contributed by atoms with Gasteiger partial charge in [0.25, 0.3) is 0 Å². The van der Waals surface area contributed by atoms with E-state index in [9.17, 15) is 17.6 Å². The standard InChI is InChI=1S/C19H24FN5O3S/c1-4-29(27,28)24(3)12-18-22-16(10-17(21-2)23-18)13-9-19(26)25(11-13)15-7-5-14(20)6-8-15/h5-8,10,13H,4,9,11-12H2,1-3H3,(H,21,22,23)/t13-/m0/s1. The van der Waals surface area contributed by atoms with Gasteiger partial charge in [-0.3, -0.25) is 4.79 Å². The number of hydrogen-bond acceptors (Lipinski definition) is 6. The highest BCUT2D eigenvalue weighted by molar-refractivity contribution is 7.89. The fraction of sp³-hybridized carbons (Fsp3) is 0.421. The van der Waals surface area contributed by atoms with Crippen molar-refractivity contribution in [2.75, 3.05) is 36.6 Å². The van der Waals surface area contributed by atoms with Crippen molar-refractivity contribution in [1.82, 2.24) is 14.3 Å². The molecule has 2 aromatic rings. The van der Waals surface area contributed by atoms with Gasteiger partial charge in [-0.2, -0.15) is 4.31 Å². The lowest BCUT2D eigenvalue weighted by Gasteiger charge is -2.18. The van der Waals surface area contributed by atoms with E-state index >= 15 is 0 Å². The third-order valence-corrected chi connectivity index (χ3v) is 6.74. The molecule has 156 valence electrons. The highest BCUT2D eigenvalue weighted by Crippen LogP contribution is 2.31. The fourth-order valence-electron chi connectivity index (χ4n) is 3.22. The molecular formula is C19H24FN5O3S. The Morgan fingerprint density at radius 2 is 1.97 bits per heavy atom. The smallest absolute Gasteiger partial charge is 0.227 e. The molecule has 0 aliphatic carbocycles. The van der Waals surface area contributed by atoms with Crippen LogP contribution in [0.5, 0.6) is 0 Å². The van der Waals surface area contributed by atoms with Gasteiger partial charge in [0, 0.05) is 44.7 Å². The van der Waals surface area contributed by atoms with Gasteiger partial charge in [-0.1, -0.05) is 0 Å². The SMILES string of the molecule is CCS(=O)(=O)N(C)Cc1nc(NC)cc([C@H]2CC(=O)N(c3ccc(F)cc3)C2)n1. The van der Waals surface area contributed by atoms with Crippen LogP contribution in [0.1, 0.15) is 30.8 Å². The van der Waals surface area contributed by atoms with Gasteiger partial charge in [0.2, 0.25) is 15.9 Å². The zero-order valence-electron chi connectivity index (χ0n) is 16.6. The van der Waals surface area contributed by atoms with Crippen LogP contribution in [-0.4, -0.2) is 55.0 Å². The molecule has 1 aliphatic rings. The molecule has 8 nitrogen and oxygen atoms in total. The van der Waals surface area contributed by atoms with Crippen LogP contribution < -0.4 is 10.2 Å². The van der Waals surface area contributed by atoms with Gasteiger partial charge in [0.15, 0.2) is 0 Å². The molecule has 1 aliphatic heterocycles. The monoisotopic (exact) mass is 421 g/mol. The van der Waals surface area contributed by atoms with Crippen LogP contribution in [0, 0.1) is 5.82 Å². The second-order valence-corrected chi connectivity index (χ2v) is 9.25. The summed E-state index contributed by atoms with van der Waals surface area (Å²) < 4.78 is 38.5. The number of nitrogens with one attached hydrogen (secondary N) is 1. The Labute approximate surface area is 169 Å². The zero-order valence-corrected chi connectivity index (χ0v) is 17.4.